The molecule has 4 nitrogen and oxygen atoms in total. The van der Waals surface area contributed by atoms with Gasteiger partial charge in [0.25, 0.3) is 0 Å². The van der Waals surface area contributed by atoms with Gasteiger partial charge in [0.05, 0.1) is 5.70 Å². The number of piperidine rings is 1. The van der Waals surface area contributed by atoms with Crippen molar-refractivity contribution in [2.24, 2.45) is 5.41 Å². The van der Waals surface area contributed by atoms with Gasteiger partial charge in [-0.15, -0.1) is 0 Å². The molecule has 0 radical (unpaired) electrons. The third-order valence-electron chi connectivity index (χ3n) is 5.58. The van der Waals surface area contributed by atoms with Crippen LogP contribution in [0.2, 0.25) is 5.15 Å². The van der Waals surface area contributed by atoms with Gasteiger partial charge in [0, 0.05) is 24.8 Å². The Hall–Kier alpha value is -1.86. The Morgan fingerprint density at radius 2 is 2.00 bits per heavy atom. The predicted octanol–water partition coefficient (Wildman–Crippen LogP) is 4.13. The summed E-state index contributed by atoms with van der Waals surface area (Å²) in [7, 11) is 0. The third-order valence-corrected chi connectivity index (χ3v) is 5.79. The van der Waals surface area contributed by atoms with Gasteiger partial charge < -0.3 is 4.90 Å². The van der Waals surface area contributed by atoms with Crippen molar-refractivity contribution in [1.82, 2.24) is 9.88 Å². The van der Waals surface area contributed by atoms with Crippen LogP contribution in [0, 0.1) is 23.7 Å². The third kappa shape index (κ3) is 3.06. The molecule has 2 heterocycles. The molecule has 1 aliphatic heterocycles. The van der Waals surface area contributed by atoms with Gasteiger partial charge in [-0.3, -0.25) is 4.79 Å². The van der Waals surface area contributed by atoms with Crippen LogP contribution in [0.4, 0.5) is 0 Å². The Morgan fingerprint density at radius 1 is 1.33 bits per heavy atom. The van der Waals surface area contributed by atoms with Gasteiger partial charge in [-0.1, -0.05) is 18.0 Å². The minimum absolute atomic E-state index is 0.205. The fraction of sp³-hybridized carbons (Fsp3) is 0.526. The zero-order valence-electron chi connectivity index (χ0n) is 14.2. The van der Waals surface area contributed by atoms with Gasteiger partial charge >= 0.3 is 0 Å². The number of nitrogens with zero attached hydrogens (tertiary/aromatic N) is 3. The number of ketones is 1. The fourth-order valence-corrected chi connectivity index (χ4v) is 4.05. The molecule has 1 spiro atoms. The minimum atomic E-state index is -0.205. The molecular formula is C19H22ClN3O. The van der Waals surface area contributed by atoms with E-state index in [4.69, 9.17) is 11.6 Å². The number of Topliss-reactive ketones (excluding diaryl/α,β-unsaturated/α-hetero) is 1. The average Bonchev–Trinajstić information content (AvgIpc) is 2.53. The second-order valence-corrected chi connectivity index (χ2v) is 7.44. The Labute approximate surface area is 148 Å². The monoisotopic (exact) mass is 343 g/mol. The molecule has 126 valence electrons. The number of hydrogen-bond donors (Lipinski definition) is 0. The second kappa shape index (κ2) is 6.57. The van der Waals surface area contributed by atoms with Gasteiger partial charge in [-0.2, -0.15) is 5.26 Å². The number of aromatic nitrogens is 1. The molecule has 0 unspecified atom stereocenters. The number of likely N-dealkylation sites (tertiary alicyclic amines) is 1. The lowest BCUT2D eigenvalue weighted by molar-refractivity contribution is -0.113. The van der Waals surface area contributed by atoms with E-state index < -0.39 is 0 Å². The number of aryl methyl sites for hydroxylation is 1. The van der Waals surface area contributed by atoms with Gasteiger partial charge in [-0.25, -0.2) is 4.98 Å². The van der Waals surface area contributed by atoms with Crippen molar-refractivity contribution in [3.63, 3.8) is 0 Å². The Bertz CT molecular complexity index is 733. The molecule has 0 amide bonds. The summed E-state index contributed by atoms with van der Waals surface area (Å²) in [5, 5.41) is 9.95. The largest absolute Gasteiger partial charge is 0.370 e. The number of carbonyl (C=O) groups is 1. The van der Waals surface area contributed by atoms with Crippen molar-refractivity contribution in [2.45, 2.75) is 46.0 Å². The molecular weight excluding hydrogens is 322 g/mol. The van der Waals surface area contributed by atoms with E-state index in [9.17, 15) is 10.1 Å². The number of rotatable bonds is 3. The van der Waals surface area contributed by atoms with Crippen LogP contribution in [0.1, 0.15) is 50.2 Å². The highest BCUT2D eigenvalue weighted by Crippen LogP contribution is 2.49. The summed E-state index contributed by atoms with van der Waals surface area (Å²) in [6.45, 7) is 5.15. The lowest BCUT2D eigenvalue weighted by atomic mass is 9.63. The zero-order chi connectivity index (χ0) is 17.3. The topological polar surface area (TPSA) is 57.0 Å². The van der Waals surface area contributed by atoms with Crippen molar-refractivity contribution in [3.8, 4) is 6.07 Å². The van der Waals surface area contributed by atoms with E-state index in [1.165, 1.54) is 26.2 Å². The molecule has 1 aromatic heterocycles. The van der Waals surface area contributed by atoms with E-state index in [1.807, 2.05) is 6.92 Å². The molecule has 5 heteroatoms. The summed E-state index contributed by atoms with van der Waals surface area (Å²) >= 11 is 6.08. The van der Waals surface area contributed by atoms with Crippen molar-refractivity contribution in [3.05, 3.63) is 34.1 Å². The second-order valence-electron chi connectivity index (χ2n) is 7.05. The molecule has 24 heavy (non-hydrogen) atoms. The van der Waals surface area contributed by atoms with Crippen LogP contribution in [-0.4, -0.2) is 28.8 Å². The molecule has 1 saturated heterocycles. The first kappa shape index (κ1) is 17.0. The van der Waals surface area contributed by atoms with Crippen molar-refractivity contribution in [2.75, 3.05) is 13.1 Å². The predicted molar refractivity (Wildman–Crippen MR) is 94.3 cm³/mol. The molecule has 1 saturated carbocycles. The zero-order valence-corrected chi connectivity index (χ0v) is 15.0. The van der Waals surface area contributed by atoms with E-state index in [-0.39, 0.29) is 11.4 Å². The van der Waals surface area contributed by atoms with Gasteiger partial charge in [-0.05, 0) is 56.6 Å². The molecule has 0 N–H and O–H groups in total. The molecule has 2 fully saturated rings. The first-order valence-corrected chi connectivity index (χ1v) is 8.86. The first-order chi connectivity index (χ1) is 11.5. The lowest BCUT2D eigenvalue weighted by Crippen LogP contribution is -2.43. The summed E-state index contributed by atoms with van der Waals surface area (Å²) in [5.41, 5.74) is 3.21. The Morgan fingerprint density at radius 3 is 2.50 bits per heavy atom. The molecule has 0 bridgehead atoms. The van der Waals surface area contributed by atoms with E-state index in [1.54, 1.807) is 12.3 Å². The average molecular weight is 344 g/mol. The van der Waals surface area contributed by atoms with Gasteiger partial charge in [0.15, 0.2) is 5.78 Å². The van der Waals surface area contributed by atoms with Crippen LogP contribution >= 0.6 is 11.6 Å². The Kier molecular flexibility index (Phi) is 4.64. The molecule has 2 aliphatic rings. The molecule has 3 rings (SSSR count). The van der Waals surface area contributed by atoms with Crippen LogP contribution in [0.3, 0.4) is 0 Å². The molecule has 0 atom stereocenters. The summed E-state index contributed by atoms with van der Waals surface area (Å²) in [4.78, 5) is 18.4. The quantitative estimate of drug-likeness (QED) is 0.470. The summed E-state index contributed by atoms with van der Waals surface area (Å²) in [5.74, 6) is -0.205. The number of allylic oxidation sites excluding steroid dienone is 1. The minimum Gasteiger partial charge on any atom is -0.370 e. The summed E-state index contributed by atoms with van der Waals surface area (Å²) in [6, 6.07) is 3.88. The lowest BCUT2D eigenvalue weighted by Gasteiger charge is -2.49. The first-order valence-electron chi connectivity index (χ1n) is 8.48. The van der Waals surface area contributed by atoms with Crippen LogP contribution in [0.25, 0.3) is 5.70 Å². The van der Waals surface area contributed by atoms with Gasteiger partial charge in [0.1, 0.15) is 16.8 Å². The van der Waals surface area contributed by atoms with Crippen molar-refractivity contribution in [1.29, 1.82) is 5.26 Å². The maximum absolute atomic E-state index is 12.1. The SMILES string of the molecule is CC(=O)/C(C#N)=C(\c1cc(Cl)ncc1C)N1CCC2(CCC2)CC1. The number of halogens is 1. The normalized spacial score (nSPS) is 20.2. The molecule has 1 aliphatic carbocycles. The van der Waals surface area contributed by atoms with Crippen LogP contribution in [-0.2, 0) is 4.79 Å². The maximum Gasteiger partial charge on any atom is 0.172 e. The number of nitriles is 1. The maximum atomic E-state index is 12.1. The van der Waals surface area contributed by atoms with Crippen molar-refractivity contribution < 1.29 is 4.79 Å². The fourth-order valence-electron chi connectivity index (χ4n) is 3.90. The summed E-state index contributed by atoms with van der Waals surface area (Å²) in [6.07, 6.45) is 7.93. The van der Waals surface area contributed by atoms with Crippen LogP contribution in [0.5, 0.6) is 0 Å². The highest BCUT2D eigenvalue weighted by atomic mass is 35.5. The van der Waals surface area contributed by atoms with Crippen LogP contribution in [0.15, 0.2) is 17.8 Å². The Balaban J connectivity index is 2.02. The highest BCUT2D eigenvalue weighted by molar-refractivity contribution is 6.29. The van der Waals surface area contributed by atoms with E-state index in [0.717, 1.165) is 42.8 Å². The summed E-state index contributed by atoms with van der Waals surface area (Å²) < 4.78 is 0. The van der Waals surface area contributed by atoms with Crippen LogP contribution < -0.4 is 0 Å². The smallest absolute Gasteiger partial charge is 0.172 e. The standard InChI is InChI=1S/C19H22ClN3O/c1-13-12-22-17(20)10-15(13)18(16(11-21)14(2)24)23-8-6-19(7-9-23)4-3-5-19/h10,12H,3-9H2,1-2H3/b18-16+. The molecule has 0 aromatic carbocycles. The number of hydrogen-bond acceptors (Lipinski definition) is 4. The molecule has 1 aromatic rings. The number of pyridine rings is 1. The van der Waals surface area contributed by atoms with Gasteiger partial charge in [0.2, 0.25) is 0 Å². The van der Waals surface area contributed by atoms with E-state index in [2.05, 4.69) is 16.0 Å². The highest BCUT2D eigenvalue weighted by Gasteiger charge is 2.40. The number of carbonyl (C=O) groups excluding carboxylic acids is 1. The van der Waals surface area contributed by atoms with E-state index >= 15 is 0 Å². The van der Waals surface area contributed by atoms with E-state index in [0.29, 0.717) is 10.6 Å². The van der Waals surface area contributed by atoms with Crippen molar-refractivity contribution >= 4 is 23.1 Å².